The first-order valence-corrected chi connectivity index (χ1v) is 11.3. The van der Waals surface area contributed by atoms with E-state index in [9.17, 15) is 4.79 Å². The molecule has 0 radical (unpaired) electrons. The van der Waals surface area contributed by atoms with Crippen molar-refractivity contribution in [1.29, 1.82) is 0 Å². The highest BCUT2D eigenvalue weighted by Gasteiger charge is 2.23. The average molecular weight is 474 g/mol. The van der Waals surface area contributed by atoms with Gasteiger partial charge in [0.05, 0.1) is 47.8 Å². The van der Waals surface area contributed by atoms with Crippen molar-refractivity contribution in [1.82, 2.24) is 14.1 Å². The Morgan fingerprint density at radius 1 is 1.26 bits per heavy atom. The Balaban J connectivity index is 2.13. The zero-order valence-electron chi connectivity index (χ0n) is 20.8. The molecule has 0 aliphatic carbocycles. The lowest BCUT2D eigenvalue weighted by molar-refractivity contribution is 0.414. The Bertz CT molecular complexity index is 1580. The van der Waals surface area contributed by atoms with Crippen LogP contribution in [0.3, 0.4) is 0 Å². The van der Waals surface area contributed by atoms with Crippen LogP contribution in [0.5, 0.6) is 5.75 Å². The lowest BCUT2D eigenvalue weighted by Gasteiger charge is -2.16. The molecule has 1 aliphatic heterocycles. The van der Waals surface area contributed by atoms with Gasteiger partial charge in [-0.15, -0.1) is 0 Å². The second-order valence-electron chi connectivity index (χ2n) is 8.14. The Morgan fingerprint density at radius 3 is 2.69 bits per heavy atom. The van der Waals surface area contributed by atoms with Crippen molar-refractivity contribution in [2.24, 2.45) is 17.0 Å². The van der Waals surface area contributed by atoms with Crippen LogP contribution in [0.4, 0.5) is 4.39 Å². The summed E-state index contributed by atoms with van der Waals surface area (Å²) in [6.45, 7) is 7.93. The predicted molar refractivity (Wildman–Crippen MR) is 142 cm³/mol. The summed E-state index contributed by atoms with van der Waals surface area (Å²) in [5.41, 5.74) is 5.04. The SMILES string of the molecule is C\C=C(/C(F)=N\C=C\C)c1cc2c(cc1OC)ncc1c2n(C2=C/C(=C\C)CN=C2C)c(=O)n1C. The van der Waals surface area contributed by atoms with Crippen molar-refractivity contribution in [3.63, 3.8) is 0 Å². The number of methoxy groups -OCH3 is 1. The third-order valence-corrected chi connectivity index (χ3v) is 6.15. The van der Waals surface area contributed by atoms with E-state index in [0.717, 1.165) is 11.3 Å². The molecule has 0 atom stereocenters. The van der Waals surface area contributed by atoms with Crippen molar-refractivity contribution < 1.29 is 9.13 Å². The smallest absolute Gasteiger partial charge is 0.333 e. The fourth-order valence-corrected chi connectivity index (χ4v) is 4.24. The molecule has 7 nitrogen and oxygen atoms in total. The summed E-state index contributed by atoms with van der Waals surface area (Å²) in [6, 6.07) is 3.57. The molecule has 8 heteroatoms. The van der Waals surface area contributed by atoms with E-state index in [1.165, 1.54) is 13.3 Å². The maximum absolute atomic E-state index is 15.0. The number of hydrogen-bond donors (Lipinski definition) is 0. The second kappa shape index (κ2) is 9.66. The highest BCUT2D eigenvalue weighted by atomic mass is 19.1. The van der Waals surface area contributed by atoms with Crippen molar-refractivity contribution in [3.8, 4) is 5.75 Å². The number of rotatable bonds is 5. The minimum absolute atomic E-state index is 0.211. The first-order valence-electron chi connectivity index (χ1n) is 11.3. The molecule has 4 rings (SSSR count). The second-order valence-corrected chi connectivity index (χ2v) is 8.14. The van der Waals surface area contributed by atoms with Gasteiger partial charge in [-0.2, -0.15) is 4.39 Å². The van der Waals surface area contributed by atoms with Gasteiger partial charge in [0.15, 0.2) is 0 Å². The minimum Gasteiger partial charge on any atom is -0.496 e. The van der Waals surface area contributed by atoms with Crippen molar-refractivity contribution in [2.45, 2.75) is 27.7 Å². The lowest BCUT2D eigenvalue weighted by atomic mass is 10.0. The van der Waals surface area contributed by atoms with Crippen LogP contribution in [0.25, 0.3) is 33.2 Å². The van der Waals surface area contributed by atoms with Gasteiger partial charge in [-0.05, 0) is 45.4 Å². The van der Waals surface area contributed by atoms with Crippen LogP contribution < -0.4 is 10.4 Å². The number of nitrogens with zero attached hydrogens (tertiary/aromatic N) is 5. The van der Waals surface area contributed by atoms with Gasteiger partial charge >= 0.3 is 5.69 Å². The molecular formula is C27H28FN5O2. The molecule has 0 unspecified atom stereocenters. The largest absolute Gasteiger partial charge is 0.496 e. The third kappa shape index (κ3) is 4.05. The fraction of sp³-hybridized carbons (Fsp3) is 0.259. The quantitative estimate of drug-likeness (QED) is 0.462. The standard InChI is InChI=1S/C27H28FN5O2/c1-7-10-29-26(28)18(9-3)19-12-20-21(13-24(19)35-6)31-15-23-25(20)33(27(34)32(23)5)22-11-17(8-2)14-30-16(22)4/h7-13,15H,14H2,1-6H3/b10-7+,17-8+,18-9-,29-26+. The van der Waals surface area contributed by atoms with Crippen LogP contribution in [0.15, 0.2) is 69.2 Å². The number of aryl methyl sites for hydroxylation is 1. The summed E-state index contributed by atoms with van der Waals surface area (Å²) in [5, 5.41) is 0.690. The number of allylic oxidation sites excluding steroid dienone is 5. The topological polar surface area (TPSA) is 73.8 Å². The number of pyridine rings is 1. The molecule has 1 aliphatic rings. The van der Waals surface area contributed by atoms with Crippen LogP contribution in [-0.2, 0) is 7.05 Å². The van der Waals surface area contributed by atoms with Gasteiger partial charge in [-0.25, -0.2) is 9.79 Å². The molecule has 35 heavy (non-hydrogen) atoms. The highest BCUT2D eigenvalue weighted by Crippen LogP contribution is 2.35. The van der Waals surface area contributed by atoms with Gasteiger partial charge in [0.2, 0.25) is 5.97 Å². The zero-order chi connectivity index (χ0) is 25.3. The monoisotopic (exact) mass is 473 g/mol. The summed E-state index contributed by atoms with van der Waals surface area (Å²) >= 11 is 0. The average Bonchev–Trinajstić information content (AvgIpc) is 3.13. The van der Waals surface area contributed by atoms with Gasteiger partial charge in [-0.3, -0.25) is 19.1 Å². The van der Waals surface area contributed by atoms with E-state index in [4.69, 9.17) is 4.74 Å². The van der Waals surface area contributed by atoms with Gasteiger partial charge in [0, 0.05) is 35.8 Å². The van der Waals surface area contributed by atoms with Crippen LogP contribution in [0.1, 0.15) is 33.3 Å². The molecule has 0 saturated heterocycles. The maximum atomic E-state index is 15.0. The number of ether oxygens (including phenoxy) is 1. The molecule has 0 fully saturated rings. The van der Waals surface area contributed by atoms with Crippen molar-refractivity contribution in [2.75, 3.05) is 13.7 Å². The number of fused-ring (bicyclic) bond motifs is 3. The molecule has 180 valence electrons. The number of benzene rings is 1. The fourth-order valence-electron chi connectivity index (χ4n) is 4.24. The number of aromatic nitrogens is 3. The van der Waals surface area contributed by atoms with Crippen molar-refractivity contribution >= 4 is 44.9 Å². The minimum atomic E-state index is -0.635. The van der Waals surface area contributed by atoms with Crippen LogP contribution in [0, 0.1) is 0 Å². The van der Waals surface area contributed by atoms with E-state index in [0.29, 0.717) is 45.5 Å². The molecular weight excluding hydrogens is 445 g/mol. The molecule has 0 N–H and O–H groups in total. The number of hydrogen-bond acceptors (Lipinski definition) is 5. The molecule has 0 saturated carbocycles. The number of dihydropyridines is 1. The van der Waals surface area contributed by atoms with E-state index in [1.807, 2.05) is 32.1 Å². The number of aliphatic imine (C=N–C) groups is 2. The Morgan fingerprint density at radius 2 is 2.03 bits per heavy atom. The summed E-state index contributed by atoms with van der Waals surface area (Å²) < 4.78 is 23.8. The maximum Gasteiger partial charge on any atom is 0.333 e. The van der Waals surface area contributed by atoms with E-state index in [1.54, 1.807) is 54.4 Å². The molecule has 0 amide bonds. The highest BCUT2D eigenvalue weighted by molar-refractivity contribution is 6.23. The zero-order valence-corrected chi connectivity index (χ0v) is 20.8. The summed E-state index contributed by atoms with van der Waals surface area (Å²) in [6.07, 6.45) is 10.3. The Kier molecular flexibility index (Phi) is 6.64. The van der Waals surface area contributed by atoms with Crippen LogP contribution in [-0.4, -0.2) is 39.4 Å². The van der Waals surface area contributed by atoms with E-state index >= 15 is 4.39 Å². The van der Waals surface area contributed by atoms with Gasteiger partial charge in [-0.1, -0.05) is 18.2 Å². The van der Waals surface area contributed by atoms with E-state index in [2.05, 4.69) is 15.0 Å². The molecule has 0 spiro atoms. The molecule has 0 bridgehead atoms. The first-order chi connectivity index (χ1) is 16.9. The molecule has 2 aromatic heterocycles. The number of halogens is 1. The Hall–Kier alpha value is -4.07. The van der Waals surface area contributed by atoms with Crippen LogP contribution >= 0.6 is 0 Å². The molecule has 3 aromatic rings. The lowest BCUT2D eigenvalue weighted by Crippen LogP contribution is -2.25. The summed E-state index contributed by atoms with van der Waals surface area (Å²) in [5.74, 6) is -0.177. The molecule has 1 aromatic carbocycles. The third-order valence-electron chi connectivity index (χ3n) is 6.15. The van der Waals surface area contributed by atoms with E-state index < -0.39 is 5.97 Å². The van der Waals surface area contributed by atoms with Gasteiger partial charge in [0.25, 0.3) is 0 Å². The summed E-state index contributed by atoms with van der Waals surface area (Å²) in [7, 11) is 3.24. The first kappa shape index (κ1) is 24.1. The van der Waals surface area contributed by atoms with Gasteiger partial charge in [0.1, 0.15) is 5.75 Å². The van der Waals surface area contributed by atoms with Crippen molar-refractivity contribution in [3.05, 3.63) is 70.5 Å². The van der Waals surface area contributed by atoms with Crippen LogP contribution in [0.2, 0.25) is 0 Å². The summed E-state index contributed by atoms with van der Waals surface area (Å²) in [4.78, 5) is 26.5. The number of imidazole rings is 1. The predicted octanol–water partition coefficient (Wildman–Crippen LogP) is 5.46. The normalized spacial score (nSPS) is 16.5. The Labute approximate surface area is 203 Å². The van der Waals surface area contributed by atoms with E-state index in [-0.39, 0.29) is 11.3 Å². The molecule has 3 heterocycles. The van der Waals surface area contributed by atoms with Gasteiger partial charge < -0.3 is 4.74 Å².